The van der Waals surface area contributed by atoms with Gasteiger partial charge in [0.25, 0.3) is 17.2 Å². The lowest BCUT2D eigenvalue weighted by Gasteiger charge is -2.20. The van der Waals surface area contributed by atoms with Gasteiger partial charge in [-0.3, -0.25) is 25.1 Å². The Morgan fingerprint density at radius 2 is 1.80 bits per heavy atom. The molecule has 0 radical (unpaired) electrons. The first-order valence-corrected chi connectivity index (χ1v) is 12.3. The summed E-state index contributed by atoms with van der Waals surface area (Å²) in [5.41, 5.74) is 7.38. The number of fused-ring (bicyclic) bond motifs is 2. The number of nitro groups is 1. The van der Waals surface area contributed by atoms with Crippen LogP contribution in [-0.2, 0) is 0 Å². The highest BCUT2D eigenvalue weighted by Crippen LogP contribution is 2.33. The normalized spacial score (nSPS) is 12.6. The second-order valence-corrected chi connectivity index (χ2v) is 10.0. The number of carbonyl (C=O) groups is 1. The van der Waals surface area contributed by atoms with Crippen molar-refractivity contribution in [1.29, 1.82) is 0 Å². The molecule has 0 aliphatic carbocycles. The van der Waals surface area contributed by atoms with Crippen LogP contribution in [0.4, 0.5) is 11.4 Å². The topological polar surface area (TPSA) is 119 Å². The molecule has 2 aromatic heterocycles. The molecule has 0 unspecified atom stereocenters. The van der Waals surface area contributed by atoms with Crippen LogP contribution in [0, 0.1) is 30.9 Å². The molecular weight excluding hydrogens is 486 g/mol. The summed E-state index contributed by atoms with van der Waals surface area (Å²) in [7, 11) is 0. The SMILES string of the molecule is Cc1cc(C)cc(NC(=O)c2sc3nc4n(c(=O)c3c2C)NC(c2ccc([N+](=O)[O-])cc2)=CS4)c1. The maximum absolute atomic E-state index is 13.4. The summed E-state index contributed by atoms with van der Waals surface area (Å²) < 4.78 is 1.34. The zero-order chi connectivity index (χ0) is 24.9. The smallest absolute Gasteiger partial charge is 0.282 e. The molecule has 1 amide bonds. The van der Waals surface area contributed by atoms with E-state index in [2.05, 4.69) is 15.7 Å². The number of anilines is 1. The van der Waals surface area contributed by atoms with Gasteiger partial charge in [0.1, 0.15) is 4.83 Å². The number of thiophene rings is 1. The first-order chi connectivity index (χ1) is 16.7. The molecule has 11 heteroatoms. The largest absolute Gasteiger partial charge is 0.321 e. The van der Waals surface area contributed by atoms with E-state index in [0.717, 1.165) is 11.1 Å². The van der Waals surface area contributed by atoms with Gasteiger partial charge in [-0.2, -0.15) is 4.68 Å². The van der Waals surface area contributed by atoms with E-state index in [1.165, 1.54) is 39.9 Å². The number of benzene rings is 2. The average Bonchev–Trinajstić information content (AvgIpc) is 3.15. The van der Waals surface area contributed by atoms with E-state index >= 15 is 0 Å². The van der Waals surface area contributed by atoms with E-state index < -0.39 is 4.92 Å². The molecule has 2 aromatic carbocycles. The lowest BCUT2D eigenvalue weighted by molar-refractivity contribution is -0.384. The van der Waals surface area contributed by atoms with Crippen LogP contribution in [0.1, 0.15) is 31.9 Å². The van der Waals surface area contributed by atoms with Gasteiger partial charge in [0.15, 0.2) is 5.16 Å². The Hall–Kier alpha value is -3.96. The quantitative estimate of drug-likeness (QED) is 0.222. The molecule has 0 atom stereocenters. The van der Waals surface area contributed by atoms with Gasteiger partial charge in [0.2, 0.25) is 0 Å². The van der Waals surface area contributed by atoms with Crippen LogP contribution in [0.2, 0.25) is 0 Å². The molecule has 2 N–H and O–H groups in total. The molecule has 1 aliphatic heterocycles. The lowest BCUT2D eigenvalue weighted by atomic mass is 10.1. The molecule has 0 spiro atoms. The number of non-ortho nitro benzene ring substituents is 1. The Balaban J connectivity index is 1.48. The van der Waals surface area contributed by atoms with Crippen LogP contribution >= 0.6 is 23.1 Å². The highest BCUT2D eigenvalue weighted by molar-refractivity contribution is 8.02. The number of nitrogens with one attached hydrogen (secondary N) is 2. The summed E-state index contributed by atoms with van der Waals surface area (Å²) in [5, 5.41) is 16.5. The molecule has 5 rings (SSSR count). The maximum atomic E-state index is 13.4. The van der Waals surface area contributed by atoms with Crippen LogP contribution in [0.15, 0.2) is 57.8 Å². The summed E-state index contributed by atoms with van der Waals surface area (Å²) in [6.07, 6.45) is 0. The average molecular weight is 506 g/mol. The number of rotatable bonds is 4. The monoisotopic (exact) mass is 505 g/mol. The van der Waals surface area contributed by atoms with Gasteiger partial charge in [-0.15, -0.1) is 11.3 Å². The Kier molecular flexibility index (Phi) is 5.65. The highest BCUT2D eigenvalue weighted by atomic mass is 32.2. The van der Waals surface area contributed by atoms with Crippen molar-refractivity contribution in [3.8, 4) is 0 Å². The first kappa shape index (κ1) is 22.8. The number of aromatic nitrogens is 2. The molecule has 0 saturated heterocycles. The van der Waals surface area contributed by atoms with Crippen molar-refractivity contribution in [2.45, 2.75) is 25.9 Å². The second-order valence-electron chi connectivity index (χ2n) is 8.17. The van der Waals surface area contributed by atoms with Crippen molar-refractivity contribution in [3.05, 3.63) is 95.5 Å². The van der Waals surface area contributed by atoms with Gasteiger partial charge in [0.05, 0.1) is 20.9 Å². The van der Waals surface area contributed by atoms with Gasteiger partial charge in [0, 0.05) is 28.8 Å². The molecular formula is C24H19N5O4S2. The van der Waals surface area contributed by atoms with E-state index in [9.17, 15) is 19.7 Å². The summed E-state index contributed by atoms with van der Waals surface area (Å²) in [6, 6.07) is 11.9. The minimum Gasteiger partial charge on any atom is -0.321 e. The molecule has 9 nitrogen and oxygen atoms in total. The van der Waals surface area contributed by atoms with Crippen LogP contribution in [-0.4, -0.2) is 20.5 Å². The fraction of sp³-hybridized carbons (Fsp3) is 0.125. The third kappa shape index (κ3) is 4.19. The van der Waals surface area contributed by atoms with Crippen molar-refractivity contribution in [2.75, 3.05) is 10.7 Å². The number of aryl methyl sites for hydroxylation is 3. The van der Waals surface area contributed by atoms with Crippen molar-refractivity contribution in [1.82, 2.24) is 9.66 Å². The standard InChI is InChI=1S/C24H19N5O4S2/c1-12-8-13(2)10-16(9-12)25-21(30)20-14(3)19-22(35-20)26-24-28(23(19)31)27-18(11-34-24)15-4-6-17(7-5-15)29(32)33/h4-11,27H,1-3H3,(H,25,30). The predicted octanol–water partition coefficient (Wildman–Crippen LogP) is 5.19. The summed E-state index contributed by atoms with van der Waals surface area (Å²) in [6.45, 7) is 5.67. The van der Waals surface area contributed by atoms with E-state index in [4.69, 9.17) is 0 Å². The number of hydrogen-bond acceptors (Lipinski definition) is 8. The van der Waals surface area contributed by atoms with Gasteiger partial charge >= 0.3 is 0 Å². The molecule has 3 heterocycles. The third-order valence-corrected chi connectivity index (χ3v) is 7.55. The minimum absolute atomic E-state index is 0.0146. The molecule has 0 saturated carbocycles. The number of nitro benzene ring substituents is 1. The minimum atomic E-state index is -0.463. The Bertz CT molecular complexity index is 1600. The fourth-order valence-corrected chi connectivity index (χ4v) is 5.86. The van der Waals surface area contributed by atoms with E-state index in [1.54, 1.807) is 24.5 Å². The van der Waals surface area contributed by atoms with Gasteiger partial charge in [-0.05, 0) is 61.7 Å². The summed E-state index contributed by atoms with van der Waals surface area (Å²) in [4.78, 5) is 42.5. The van der Waals surface area contributed by atoms with Crippen molar-refractivity contribution in [3.63, 3.8) is 0 Å². The summed E-state index contributed by atoms with van der Waals surface area (Å²) >= 11 is 2.45. The maximum Gasteiger partial charge on any atom is 0.282 e. The van der Waals surface area contributed by atoms with Crippen LogP contribution in [0.5, 0.6) is 0 Å². The highest BCUT2D eigenvalue weighted by Gasteiger charge is 2.24. The number of carbonyl (C=O) groups excluding carboxylic acids is 1. The molecule has 0 fully saturated rings. The number of thioether (sulfide) groups is 1. The van der Waals surface area contributed by atoms with E-state index in [-0.39, 0.29) is 17.2 Å². The van der Waals surface area contributed by atoms with E-state index in [1.807, 2.05) is 32.0 Å². The van der Waals surface area contributed by atoms with Gasteiger partial charge in [-0.25, -0.2) is 4.98 Å². The van der Waals surface area contributed by atoms with Crippen LogP contribution in [0.25, 0.3) is 15.9 Å². The van der Waals surface area contributed by atoms with E-state index in [0.29, 0.717) is 42.8 Å². The van der Waals surface area contributed by atoms with Crippen LogP contribution < -0.4 is 16.3 Å². The number of nitrogens with zero attached hydrogens (tertiary/aromatic N) is 3. The Morgan fingerprint density at radius 3 is 2.46 bits per heavy atom. The van der Waals surface area contributed by atoms with Gasteiger partial charge in [-0.1, -0.05) is 17.8 Å². The molecule has 4 aromatic rings. The van der Waals surface area contributed by atoms with Crippen molar-refractivity contribution >= 4 is 56.3 Å². The van der Waals surface area contributed by atoms with Crippen LogP contribution in [0.3, 0.4) is 0 Å². The second kappa shape index (κ2) is 8.67. The molecule has 35 heavy (non-hydrogen) atoms. The van der Waals surface area contributed by atoms with Crippen molar-refractivity contribution < 1.29 is 9.72 Å². The zero-order valence-electron chi connectivity index (χ0n) is 18.9. The molecule has 0 bridgehead atoms. The number of hydrogen-bond donors (Lipinski definition) is 2. The molecule has 176 valence electrons. The molecule has 1 aliphatic rings. The Morgan fingerprint density at radius 1 is 1.11 bits per heavy atom. The third-order valence-electron chi connectivity index (χ3n) is 5.52. The number of amides is 1. The van der Waals surface area contributed by atoms with Crippen molar-refractivity contribution in [2.24, 2.45) is 0 Å². The van der Waals surface area contributed by atoms with Gasteiger partial charge < -0.3 is 5.32 Å². The Labute approximate surface area is 207 Å². The first-order valence-electron chi connectivity index (χ1n) is 10.6. The fourth-order valence-electron chi connectivity index (χ4n) is 3.95. The lowest BCUT2D eigenvalue weighted by Crippen LogP contribution is -2.32. The summed E-state index contributed by atoms with van der Waals surface area (Å²) in [5.74, 6) is -0.289. The predicted molar refractivity (Wildman–Crippen MR) is 139 cm³/mol. The zero-order valence-corrected chi connectivity index (χ0v) is 20.5.